The van der Waals surface area contributed by atoms with Gasteiger partial charge in [-0.05, 0) is 61.7 Å². The van der Waals surface area contributed by atoms with Crippen molar-refractivity contribution in [2.45, 2.75) is 73.6 Å². The zero-order valence-corrected chi connectivity index (χ0v) is 15.7. The molecule has 2 aliphatic carbocycles. The monoisotopic (exact) mass is 319 g/mol. The molecule has 0 N–H and O–H groups in total. The summed E-state index contributed by atoms with van der Waals surface area (Å²) < 4.78 is 5.30. The third kappa shape index (κ3) is 4.72. The van der Waals surface area contributed by atoms with Gasteiger partial charge >= 0.3 is 5.97 Å². The van der Waals surface area contributed by atoms with Crippen molar-refractivity contribution in [1.29, 1.82) is 5.26 Å². The topological polar surface area (TPSA) is 50.1 Å². The van der Waals surface area contributed by atoms with Crippen LogP contribution in [-0.2, 0) is 9.53 Å². The first-order chi connectivity index (χ1) is 10.5. The van der Waals surface area contributed by atoms with E-state index in [1.54, 1.807) is 0 Å². The van der Waals surface area contributed by atoms with Gasteiger partial charge in [-0.1, -0.05) is 34.6 Å². The van der Waals surface area contributed by atoms with Gasteiger partial charge in [0.15, 0.2) is 0 Å². The third-order valence-corrected chi connectivity index (χ3v) is 5.43. The van der Waals surface area contributed by atoms with Crippen molar-refractivity contribution >= 4 is 5.97 Å². The van der Waals surface area contributed by atoms with Crippen LogP contribution in [0.2, 0.25) is 0 Å². The SMILES string of the molecule is CCOC(=O)[C@@H]1C(CC(C)(C)C)C1CC(C)(C)CC1(C#N)CC1. The lowest BCUT2D eigenvalue weighted by molar-refractivity contribution is -0.145. The number of carbonyl (C=O) groups excluding carboxylic acids is 1. The molecule has 3 heteroatoms. The highest BCUT2D eigenvalue weighted by Crippen LogP contribution is 2.60. The minimum atomic E-state index is -0.0721. The number of nitriles is 1. The van der Waals surface area contributed by atoms with Crippen LogP contribution in [-0.4, -0.2) is 12.6 Å². The Hall–Kier alpha value is -1.04. The summed E-state index contributed by atoms with van der Waals surface area (Å²) in [7, 11) is 0. The van der Waals surface area contributed by atoms with E-state index >= 15 is 0 Å². The summed E-state index contributed by atoms with van der Waals surface area (Å²) in [6.45, 7) is 13.6. The number of rotatable bonds is 7. The standard InChI is InChI=1S/C20H33NO2/c1-7-23-17(22)16-14(10-18(2,3)4)15(16)11-19(5,6)12-20(13-21)8-9-20/h14-16H,7-12H2,1-6H3/t14?,15?,16-/m1/s1. The largest absolute Gasteiger partial charge is 0.466 e. The molecule has 0 aromatic heterocycles. The Balaban J connectivity index is 2.00. The molecule has 0 bridgehead atoms. The first-order valence-corrected chi connectivity index (χ1v) is 9.10. The van der Waals surface area contributed by atoms with Gasteiger partial charge in [0, 0.05) is 0 Å². The average molecular weight is 319 g/mol. The van der Waals surface area contributed by atoms with Gasteiger partial charge in [-0.25, -0.2) is 0 Å². The summed E-state index contributed by atoms with van der Waals surface area (Å²) in [6.07, 6.45) is 5.15. The summed E-state index contributed by atoms with van der Waals surface area (Å²) >= 11 is 0. The van der Waals surface area contributed by atoms with Crippen molar-refractivity contribution in [3.8, 4) is 6.07 Å². The fourth-order valence-electron chi connectivity index (χ4n) is 4.40. The fourth-order valence-corrected chi connectivity index (χ4v) is 4.40. The molecule has 0 spiro atoms. The molecule has 0 radical (unpaired) electrons. The second-order valence-electron chi connectivity index (χ2n) is 9.81. The maximum atomic E-state index is 12.3. The Morgan fingerprint density at radius 2 is 1.74 bits per heavy atom. The molecule has 0 aromatic rings. The maximum absolute atomic E-state index is 12.3. The number of nitrogens with zero attached hydrogens (tertiary/aromatic N) is 1. The highest BCUT2D eigenvalue weighted by Gasteiger charge is 2.58. The van der Waals surface area contributed by atoms with Crippen LogP contribution in [0, 0.1) is 45.3 Å². The van der Waals surface area contributed by atoms with Gasteiger partial charge < -0.3 is 4.74 Å². The van der Waals surface area contributed by atoms with E-state index in [0.29, 0.717) is 18.4 Å². The normalized spacial score (nSPS) is 28.8. The Labute approximate surface area is 141 Å². The molecule has 0 heterocycles. The van der Waals surface area contributed by atoms with E-state index in [1.807, 2.05) is 6.92 Å². The molecule has 2 rings (SSSR count). The Morgan fingerprint density at radius 1 is 1.17 bits per heavy atom. The number of carbonyl (C=O) groups is 1. The molecular weight excluding hydrogens is 286 g/mol. The molecule has 2 unspecified atom stereocenters. The van der Waals surface area contributed by atoms with Gasteiger partial charge in [-0.2, -0.15) is 5.26 Å². The number of hydrogen-bond acceptors (Lipinski definition) is 3. The van der Waals surface area contributed by atoms with E-state index in [2.05, 4.69) is 40.7 Å². The van der Waals surface area contributed by atoms with Crippen molar-refractivity contribution in [3.63, 3.8) is 0 Å². The van der Waals surface area contributed by atoms with Gasteiger partial charge in [0.2, 0.25) is 0 Å². The van der Waals surface area contributed by atoms with Crippen LogP contribution in [0.1, 0.15) is 73.6 Å². The maximum Gasteiger partial charge on any atom is 0.309 e. The predicted molar refractivity (Wildman–Crippen MR) is 91.5 cm³/mol. The zero-order chi connectivity index (χ0) is 17.5. The lowest BCUT2D eigenvalue weighted by atomic mass is 9.76. The number of esters is 1. The van der Waals surface area contributed by atoms with Gasteiger partial charge in [-0.3, -0.25) is 4.79 Å². The average Bonchev–Trinajstić information content (AvgIpc) is 3.27. The molecule has 2 aliphatic rings. The molecule has 23 heavy (non-hydrogen) atoms. The molecule has 0 saturated heterocycles. The van der Waals surface area contributed by atoms with Crippen LogP contribution in [0.5, 0.6) is 0 Å². The fraction of sp³-hybridized carbons (Fsp3) is 0.900. The van der Waals surface area contributed by atoms with Crippen LogP contribution < -0.4 is 0 Å². The van der Waals surface area contributed by atoms with E-state index in [1.165, 1.54) is 0 Å². The Morgan fingerprint density at radius 3 is 2.17 bits per heavy atom. The van der Waals surface area contributed by atoms with E-state index in [0.717, 1.165) is 32.1 Å². The molecule has 3 nitrogen and oxygen atoms in total. The number of hydrogen-bond donors (Lipinski definition) is 0. The van der Waals surface area contributed by atoms with Crippen molar-refractivity contribution in [2.75, 3.05) is 6.61 Å². The minimum Gasteiger partial charge on any atom is -0.466 e. The van der Waals surface area contributed by atoms with E-state index in [4.69, 9.17) is 4.74 Å². The van der Waals surface area contributed by atoms with Crippen LogP contribution in [0.15, 0.2) is 0 Å². The van der Waals surface area contributed by atoms with Crippen LogP contribution in [0.4, 0.5) is 0 Å². The zero-order valence-electron chi connectivity index (χ0n) is 15.7. The van der Waals surface area contributed by atoms with E-state index in [9.17, 15) is 10.1 Å². The molecular formula is C20H33NO2. The van der Waals surface area contributed by atoms with Crippen molar-refractivity contribution in [3.05, 3.63) is 0 Å². The summed E-state index contributed by atoms with van der Waals surface area (Å²) in [5.41, 5.74) is 0.282. The van der Waals surface area contributed by atoms with Crippen molar-refractivity contribution in [1.82, 2.24) is 0 Å². The number of ether oxygens (including phenoxy) is 1. The van der Waals surface area contributed by atoms with Gasteiger partial charge in [0.05, 0.1) is 24.0 Å². The molecule has 0 aromatic carbocycles. The van der Waals surface area contributed by atoms with Gasteiger partial charge in [0.25, 0.3) is 0 Å². The third-order valence-electron chi connectivity index (χ3n) is 5.43. The Kier molecular flexibility index (Phi) is 4.86. The molecule has 2 fully saturated rings. The van der Waals surface area contributed by atoms with Gasteiger partial charge in [-0.15, -0.1) is 0 Å². The Bertz CT molecular complexity index is 491. The van der Waals surface area contributed by atoms with E-state index < -0.39 is 0 Å². The molecule has 0 amide bonds. The summed E-state index contributed by atoms with van der Waals surface area (Å²) in [6, 6.07) is 2.51. The summed E-state index contributed by atoms with van der Waals surface area (Å²) in [5, 5.41) is 9.36. The van der Waals surface area contributed by atoms with Crippen LogP contribution >= 0.6 is 0 Å². The second-order valence-corrected chi connectivity index (χ2v) is 9.81. The van der Waals surface area contributed by atoms with E-state index in [-0.39, 0.29) is 28.1 Å². The molecule has 0 aliphatic heterocycles. The predicted octanol–water partition coefficient (Wildman–Crippen LogP) is 4.96. The van der Waals surface area contributed by atoms with Gasteiger partial charge in [0.1, 0.15) is 0 Å². The first-order valence-electron chi connectivity index (χ1n) is 9.10. The lowest BCUT2D eigenvalue weighted by Crippen LogP contribution is -2.19. The quantitative estimate of drug-likeness (QED) is 0.623. The lowest BCUT2D eigenvalue weighted by Gasteiger charge is -2.27. The highest BCUT2D eigenvalue weighted by molar-refractivity contribution is 5.76. The molecule has 2 saturated carbocycles. The first kappa shape index (κ1) is 18.3. The minimum absolute atomic E-state index is 0.0102. The van der Waals surface area contributed by atoms with Crippen molar-refractivity contribution in [2.24, 2.45) is 34.0 Å². The summed E-state index contributed by atoms with van der Waals surface area (Å²) in [5.74, 6) is 0.943. The molecule has 130 valence electrons. The second kappa shape index (κ2) is 6.11. The van der Waals surface area contributed by atoms with Crippen LogP contribution in [0.25, 0.3) is 0 Å². The van der Waals surface area contributed by atoms with Crippen LogP contribution in [0.3, 0.4) is 0 Å². The summed E-state index contributed by atoms with van der Waals surface area (Å²) in [4.78, 5) is 12.3. The molecule has 3 atom stereocenters. The smallest absolute Gasteiger partial charge is 0.309 e. The highest BCUT2D eigenvalue weighted by atomic mass is 16.5. The van der Waals surface area contributed by atoms with Crippen molar-refractivity contribution < 1.29 is 9.53 Å².